The fourth-order valence-corrected chi connectivity index (χ4v) is 5.53. The van der Waals surface area contributed by atoms with Crippen molar-refractivity contribution in [2.45, 2.75) is 18.9 Å². The molecule has 7 rings (SSSR count). The van der Waals surface area contributed by atoms with Crippen molar-refractivity contribution in [2.75, 3.05) is 26.2 Å². The Morgan fingerprint density at radius 2 is 1.15 bits per heavy atom. The summed E-state index contributed by atoms with van der Waals surface area (Å²) in [5, 5.41) is 55.5. The number of phenols is 2. The molecule has 238 valence electrons. The van der Waals surface area contributed by atoms with Gasteiger partial charge in [-0.2, -0.15) is 0 Å². The quantitative estimate of drug-likeness (QED) is 0.193. The Hall–Kier alpha value is -6.16. The van der Waals surface area contributed by atoms with Crippen molar-refractivity contribution in [3.05, 3.63) is 77.6 Å². The number of aromatic nitrogens is 7. The minimum Gasteiger partial charge on any atom is -0.507 e. The number of carboxylic acid groups (broad SMARTS) is 2. The molecular formula is C31H27N9O7. The third-order valence-corrected chi connectivity index (χ3v) is 8.20. The second-order valence-electron chi connectivity index (χ2n) is 11.3. The van der Waals surface area contributed by atoms with E-state index in [9.17, 15) is 34.8 Å². The number of aromatic hydroxyl groups is 2. The Morgan fingerprint density at radius 1 is 0.660 bits per heavy atom. The second-order valence-corrected chi connectivity index (χ2v) is 11.3. The van der Waals surface area contributed by atoms with Gasteiger partial charge in [0, 0.05) is 49.9 Å². The van der Waals surface area contributed by atoms with Crippen LogP contribution in [0.2, 0.25) is 0 Å². The van der Waals surface area contributed by atoms with Crippen molar-refractivity contribution in [1.29, 1.82) is 0 Å². The van der Waals surface area contributed by atoms with E-state index in [4.69, 9.17) is 4.98 Å². The van der Waals surface area contributed by atoms with Crippen LogP contribution in [0.1, 0.15) is 43.9 Å². The lowest BCUT2D eigenvalue weighted by atomic mass is 10.1. The first-order valence-electron chi connectivity index (χ1n) is 14.7. The summed E-state index contributed by atoms with van der Waals surface area (Å²) in [5.41, 5.74) is 1.73. The zero-order chi connectivity index (χ0) is 32.8. The van der Waals surface area contributed by atoms with Crippen LogP contribution in [0.15, 0.2) is 60.9 Å². The fraction of sp³-hybridized carbons (Fsp3) is 0.226. The summed E-state index contributed by atoms with van der Waals surface area (Å²) in [4.78, 5) is 45.3. The van der Waals surface area contributed by atoms with E-state index in [1.165, 1.54) is 71.0 Å². The number of carboxylic acids is 2. The van der Waals surface area contributed by atoms with E-state index < -0.39 is 23.4 Å². The molecule has 4 N–H and O–H groups in total. The first-order chi connectivity index (χ1) is 22.6. The highest BCUT2D eigenvalue weighted by Crippen LogP contribution is 2.29. The summed E-state index contributed by atoms with van der Waals surface area (Å²) in [7, 11) is 0. The molecule has 2 aromatic carbocycles. The van der Waals surface area contributed by atoms with Crippen LogP contribution in [0.3, 0.4) is 0 Å². The molecule has 16 nitrogen and oxygen atoms in total. The molecule has 1 saturated heterocycles. The van der Waals surface area contributed by atoms with Crippen molar-refractivity contribution in [3.63, 3.8) is 0 Å². The molecule has 0 radical (unpaired) electrons. The molecule has 5 aromatic rings. The van der Waals surface area contributed by atoms with Gasteiger partial charge in [0.1, 0.15) is 34.0 Å². The third-order valence-electron chi connectivity index (χ3n) is 8.20. The smallest absolute Gasteiger partial charge is 0.339 e. The Balaban J connectivity index is 1.24. The van der Waals surface area contributed by atoms with Gasteiger partial charge in [0.15, 0.2) is 0 Å². The normalized spacial score (nSPS) is 15.1. The van der Waals surface area contributed by atoms with Gasteiger partial charge in [-0.3, -0.25) is 9.69 Å². The fourth-order valence-electron chi connectivity index (χ4n) is 5.53. The molecule has 2 fully saturated rings. The Morgan fingerprint density at radius 3 is 1.57 bits per heavy atom. The van der Waals surface area contributed by atoms with Crippen LogP contribution >= 0.6 is 0 Å². The number of carbonyl (C=O) groups is 3. The number of nitrogens with zero attached hydrogens (tertiary/aromatic N) is 9. The van der Waals surface area contributed by atoms with Crippen molar-refractivity contribution < 1.29 is 34.8 Å². The van der Waals surface area contributed by atoms with Crippen LogP contribution in [-0.4, -0.2) is 115 Å². The lowest BCUT2D eigenvalue weighted by Gasteiger charge is -2.34. The third kappa shape index (κ3) is 5.84. The van der Waals surface area contributed by atoms with E-state index in [0.717, 1.165) is 13.1 Å². The minimum atomic E-state index is -1.27. The summed E-state index contributed by atoms with van der Waals surface area (Å²) < 4.78 is 2.69. The summed E-state index contributed by atoms with van der Waals surface area (Å²) in [6.07, 6.45) is 5.46. The maximum Gasteiger partial charge on any atom is 0.339 e. The van der Waals surface area contributed by atoms with Crippen LogP contribution in [0, 0.1) is 0 Å². The van der Waals surface area contributed by atoms with Crippen LogP contribution in [-0.2, 0) is 0 Å². The lowest BCUT2D eigenvalue weighted by Crippen LogP contribution is -2.49. The topological polar surface area (TPSA) is 213 Å². The van der Waals surface area contributed by atoms with Gasteiger partial charge in [0.05, 0.1) is 35.2 Å². The summed E-state index contributed by atoms with van der Waals surface area (Å²) in [6.45, 7) is 2.76. The van der Waals surface area contributed by atoms with Crippen LogP contribution < -0.4 is 0 Å². The molecule has 1 aliphatic heterocycles. The summed E-state index contributed by atoms with van der Waals surface area (Å²) >= 11 is 0. The van der Waals surface area contributed by atoms with Gasteiger partial charge in [-0.25, -0.2) is 23.9 Å². The van der Waals surface area contributed by atoms with E-state index >= 15 is 0 Å². The van der Waals surface area contributed by atoms with Crippen molar-refractivity contribution in [3.8, 4) is 45.6 Å². The molecule has 0 atom stereocenters. The largest absolute Gasteiger partial charge is 0.507 e. The number of hydrogen-bond donors (Lipinski definition) is 4. The SMILES string of the molecule is O=C(O)c1ccc(-n2cc(-c3cc(C(=O)N4CCN(C5CC5)CC4)cc(-c4cn(-c5ccc(C(=O)O)c(O)c5)nn4)n3)nn2)cc1O. The predicted molar refractivity (Wildman–Crippen MR) is 163 cm³/mol. The maximum atomic E-state index is 13.8. The van der Waals surface area contributed by atoms with Crippen LogP contribution in [0.5, 0.6) is 11.5 Å². The molecule has 47 heavy (non-hydrogen) atoms. The van der Waals surface area contributed by atoms with Gasteiger partial charge >= 0.3 is 11.9 Å². The number of pyridine rings is 1. The van der Waals surface area contributed by atoms with Crippen LogP contribution in [0.4, 0.5) is 0 Å². The second kappa shape index (κ2) is 11.6. The maximum absolute atomic E-state index is 13.8. The molecule has 0 unspecified atom stereocenters. The monoisotopic (exact) mass is 637 g/mol. The molecular weight excluding hydrogens is 610 g/mol. The highest BCUT2D eigenvalue weighted by Gasteiger charge is 2.33. The first kappa shape index (κ1) is 29.5. The molecule has 2 aliphatic rings. The number of carbonyl (C=O) groups excluding carboxylic acids is 1. The number of amides is 1. The van der Waals surface area contributed by atoms with E-state index in [1.807, 2.05) is 0 Å². The standard InChI is InChI=1S/C31H27N9O7/c41-27-13-19(3-5-21(27)30(44)45)39-15-25(33-35-39)23-11-17(29(43)38-9-7-37(8-10-38)18-1-2-18)12-24(32-23)26-16-40(36-34-26)20-4-6-22(31(46)47)28(42)14-20/h3-6,11-16,18,41-42H,1-2,7-10H2,(H,44,45)(H,46,47). The molecule has 16 heteroatoms. The number of piperazine rings is 1. The van der Waals surface area contributed by atoms with Crippen molar-refractivity contribution in [1.82, 2.24) is 44.8 Å². The zero-order valence-corrected chi connectivity index (χ0v) is 24.6. The lowest BCUT2D eigenvalue weighted by molar-refractivity contribution is 0.0625. The molecule has 1 aliphatic carbocycles. The first-order valence-corrected chi connectivity index (χ1v) is 14.7. The average Bonchev–Trinajstić information content (AvgIpc) is 3.58. The van der Waals surface area contributed by atoms with Gasteiger partial charge in [-0.1, -0.05) is 10.4 Å². The number of benzene rings is 2. The van der Waals surface area contributed by atoms with E-state index in [1.54, 1.807) is 17.0 Å². The summed E-state index contributed by atoms with van der Waals surface area (Å²) in [5.74, 6) is -3.60. The number of rotatable bonds is 8. The van der Waals surface area contributed by atoms with Gasteiger partial charge in [0.25, 0.3) is 5.91 Å². The number of hydrogen-bond acceptors (Lipinski definition) is 11. The Kier molecular flexibility index (Phi) is 7.32. The van der Waals surface area contributed by atoms with Crippen molar-refractivity contribution >= 4 is 17.8 Å². The zero-order valence-electron chi connectivity index (χ0n) is 24.6. The Bertz CT molecular complexity index is 1920. The number of aromatic carboxylic acids is 2. The highest BCUT2D eigenvalue weighted by molar-refractivity contribution is 5.96. The molecule has 4 heterocycles. The van der Waals surface area contributed by atoms with Crippen LogP contribution in [0.25, 0.3) is 34.2 Å². The van der Waals surface area contributed by atoms with Crippen molar-refractivity contribution in [2.24, 2.45) is 0 Å². The van der Waals surface area contributed by atoms with E-state index in [0.29, 0.717) is 58.8 Å². The molecule has 1 saturated carbocycles. The molecule has 3 aromatic heterocycles. The summed E-state index contributed by atoms with van der Waals surface area (Å²) in [6, 6.07) is 11.8. The molecule has 1 amide bonds. The molecule has 0 bridgehead atoms. The molecule has 0 spiro atoms. The van der Waals surface area contributed by atoms with Gasteiger partial charge < -0.3 is 25.3 Å². The van der Waals surface area contributed by atoms with Gasteiger partial charge in [-0.15, -0.1) is 10.2 Å². The van der Waals surface area contributed by atoms with E-state index in [2.05, 4.69) is 25.5 Å². The van der Waals surface area contributed by atoms with E-state index in [-0.39, 0.29) is 17.0 Å². The average molecular weight is 638 g/mol. The predicted octanol–water partition coefficient (Wildman–Crippen LogP) is 2.30. The minimum absolute atomic E-state index is 0.187. The van der Waals surface area contributed by atoms with Gasteiger partial charge in [-0.05, 0) is 49.2 Å². The Labute approximate surface area is 265 Å². The van der Waals surface area contributed by atoms with Gasteiger partial charge in [0.2, 0.25) is 0 Å². The highest BCUT2D eigenvalue weighted by atomic mass is 16.4.